The summed E-state index contributed by atoms with van der Waals surface area (Å²) in [7, 11) is 0. The summed E-state index contributed by atoms with van der Waals surface area (Å²) in [6.07, 6.45) is 3.33. The van der Waals surface area contributed by atoms with Crippen molar-refractivity contribution in [1.82, 2.24) is 9.97 Å². The first-order chi connectivity index (χ1) is 8.70. The molecule has 18 heavy (non-hydrogen) atoms. The van der Waals surface area contributed by atoms with Crippen molar-refractivity contribution in [3.63, 3.8) is 0 Å². The molecule has 2 aromatic rings. The van der Waals surface area contributed by atoms with Crippen LogP contribution in [0.1, 0.15) is 19.0 Å². The van der Waals surface area contributed by atoms with Gasteiger partial charge in [0.05, 0.1) is 0 Å². The maximum atomic E-state index is 9.48. The molecule has 0 aliphatic heterocycles. The number of nitrogens with two attached hydrogens (primary N) is 1. The highest BCUT2D eigenvalue weighted by Crippen LogP contribution is 2.32. The van der Waals surface area contributed by atoms with Gasteiger partial charge < -0.3 is 15.6 Å². The predicted octanol–water partition coefficient (Wildman–Crippen LogP) is 2.51. The summed E-state index contributed by atoms with van der Waals surface area (Å²) in [5.74, 6) is 0.803. The molecule has 5 heteroatoms. The standard InChI is InChI=1S/C13H15N3O2/c1-2-4-9-7-12(16-8-15-9)18-11-6-3-5-10(17)13(11)14/h3,5-8,17H,2,4,14H2,1H3. The molecule has 0 saturated heterocycles. The fraction of sp³-hybridized carbons (Fsp3) is 0.231. The topological polar surface area (TPSA) is 81.3 Å². The van der Waals surface area contributed by atoms with Gasteiger partial charge in [0, 0.05) is 11.8 Å². The molecule has 1 heterocycles. The number of benzene rings is 1. The normalized spacial score (nSPS) is 10.3. The van der Waals surface area contributed by atoms with E-state index in [-0.39, 0.29) is 11.4 Å². The number of aromatic hydroxyl groups is 1. The zero-order chi connectivity index (χ0) is 13.0. The second kappa shape index (κ2) is 5.35. The average Bonchev–Trinajstić information content (AvgIpc) is 2.36. The van der Waals surface area contributed by atoms with Gasteiger partial charge in [0.15, 0.2) is 5.75 Å². The molecule has 0 unspecified atom stereocenters. The Kier molecular flexibility index (Phi) is 3.62. The highest BCUT2D eigenvalue weighted by molar-refractivity contribution is 5.62. The van der Waals surface area contributed by atoms with Gasteiger partial charge in [0.1, 0.15) is 17.8 Å². The smallest absolute Gasteiger partial charge is 0.222 e. The van der Waals surface area contributed by atoms with Crippen molar-refractivity contribution in [2.24, 2.45) is 0 Å². The summed E-state index contributed by atoms with van der Waals surface area (Å²) in [6, 6.07) is 6.61. The van der Waals surface area contributed by atoms with Crippen LogP contribution in [0.3, 0.4) is 0 Å². The van der Waals surface area contributed by atoms with Gasteiger partial charge in [-0.2, -0.15) is 0 Å². The summed E-state index contributed by atoms with van der Waals surface area (Å²) >= 11 is 0. The summed E-state index contributed by atoms with van der Waals surface area (Å²) in [5, 5.41) is 9.48. The Hall–Kier alpha value is -2.30. The predicted molar refractivity (Wildman–Crippen MR) is 68.6 cm³/mol. The Bertz CT molecular complexity index is 544. The number of nitrogens with zero attached hydrogens (tertiary/aromatic N) is 2. The Labute approximate surface area is 105 Å². The molecule has 1 aromatic carbocycles. The number of phenolic OH excluding ortho intramolecular Hbond substituents is 1. The van der Waals surface area contributed by atoms with Gasteiger partial charge in [0.25, 0.3) is 0 Å². The first-order valence-corrected chi connectivity index (χ1v) is 5.77. The average molecular weight is 245 g/mol. The van der Waals surface area contributed by atoms with Crippen LogP contribution in [0, 0.1) is 0 Å². The molecule has 3 N–H and O–H groups in total. The van der Waals surface area contributed by atoms with E-state index < -0.39 is 0 Å². The van der Waals surface area contributed by atoms with Crippen molar-refractivity contribution in [2.45, 2.75) is 19.8 Å². The summed E-state index contributed by atoms with van der Waals surface area (Å²) in [6.45, 7) is 2.08. The van der Waals surface area contributed by atoms with Crippen LogP contribution >= 0.6 is 0 Å². The number of phenols is 1. The Morgan fingerprint density at radius 3 is 2.94 bits per heavy atom. The van der Waals surface area contributed by atoms with Crippen molar-refractivity contribution in [2.75, 3.05) is 5.73 Å². The molecule has 94 valence electrons. The Balaban J connectivity index is 2.23. The maximum absolute atomic E-state index is 9.48. The van der Waals surface area contributed by atoms with Crippen LogP contribution in [0.2, 0.25) is 0 Å². The van der Waals surface area contributed by atoms with Gasteiger partial charge in [-0.3, -0.25) is 0 Å². The number of nitrogen functional groups attached to an aromatic ring is 1. The number of para-hydroxylation sites is 1. The molecule has 0 amide bonds. The molecule has 1 aromatic heterocycles. The maximum Gasteiger partial charge on any atom is 0.222 e. The van der Waals surface area contributed by atoms with Crippen LogP contribution in [0.15, 0.2) is 30.6 Å². The van der Waals surface area contributed by atoms with E-state index in [1.165, 1.54) is 12.4 Å². The largest absolute Gasteiger partial charge is 0.506 e. The van der Waals surface area contributed by atoms with Crippen LogP contribution in [0.4, 0.5) is 5.69 Å². The molecule has 0 radical (unpaired) electrons. The molecule has 0 fully saturated rings. The fourth-order valence-corrected chi connectivity index (χ4v) is 1.56. The van der Waals surface area contributed by atoms with Crippen LogP contribution < -0.4 is 10.5 Å². The van der Waals surface area contributed by atoms with Gasteiger partial charge in [-0.25, -0.2) is 9.97 Å². The van der Waals surface area contributed by atoms with Crippen molar-refractivity contribution in [1.29, 1.82) is 0 Å². The number of hydrogen-bond acceptors (Lipinski definition) is 5. The molecule has 0 spiro atoms. The monoisotopic (exact) mass is 245 g/mol. The molecular weight excluding hydrogens is 230 g/mol. The lowest BCUT2D eigenvalue weighted by Crippen LogP contribution is -1.96. The SMILES string of the molecule is CCCc1cc(Oc2cccc(O)c2N)ncn1. The number of ether oxygens (including phenoxy) is 1. The highest BCUT2D eigenvalue weighted by Gasteiger charge is 2.07. The molecule has 0 bridgehead atoms. The summed E-state index contributed by atoms with van der Waals surface area (Å²) in [5.41, 5.74) is 6.83. The van der Waals surface area contributed by atoms with E-state index in [0.717, 1.165) is 18.5 Å². The van der Waals surface area contributed by atoms with Crippen molar-refractivity contribution in [3.8, 4) is 17.4 Å². The van der Waals surface area contributed by atoms with Crippen LogP contribution in [-0.4, -0.2) is 15.1 Å². The van der Waals surface area contributed by atoms with Crippen LogP contribution in [-0.2, 0) is 6.42 Å². The molecule has 0 aliphatic rings. The number of anilines is 1. The summed E-state index contributed by atoms with van der Waals surface area (Å²) in [4.78, 5) is 8.16. The minimum absolute atomic E-state index is 0.00432. The highest BCUT2D eigenvalue weighted by atomic mass is 16.5. The van der Waals surface area contributed by atoms with Crippen molar-refractivity contribution in [3.05, 3.63) is 36.3 Å². The molecule has 2 rings (SSSR count). The third-order valence-electron chi connectivity index (χ3n) is 2.46. The molecule has 5 nitrogen and oxygen atoms in total. The Morgan fingerprint density at radius 2 is 2.17 bits per heavy atom. The van der Waals surface area contributed by atoms with Gasteiger partial charge in [-0.15, -0.1) is 0 Å². The van der Waals surface area contributed by atoms with E-state index >= 15 is 0 Å². The number of aryl methyl sites for hydroxylation is 1. The molecule has 0 aliphatic carbocycles. The minimum atomic E-state index is -0.00432. The number of hydrogen-bond donors (Lipinski definition) is 2. The lowest BCUT2D eigenvalue weighted by atomic mass is 10.2. The molecule has 0 atom stereocenters. The quantitative estimate of drug-likeness (QED) is 0.639. The summed E-state index contributed by atoms with van der Waals surface area (Å²) < 4.78 is 5.54. The van der Waals surface area contributed by atoms with Gasteiger partial charge in [-0.05, 0) is 18.6 Å². The lowest BCUT2D eigenvalue weighted by molar-refractivity contribution is 0.448. The first kappa shape index (κ1) is 12.2. The third kappa shape index (κ3) is 2.68. The molecule has 0 saturated carbocycles. The van der Waals surface area contributed by atoms with E-state index in [0.29, 0.717) is 11.6 Å². The van der Waals surface area contributed by atoms with E-state index in [1.807, 2.05) is 0 Å². The zero-order valence-electron chi connectivity index (χ0n) is 10.1. The van der Waals surface area contributed by atoms with Gasteiger partial charge in [0.2, 0.25) is 5.88 Å². The van der Waals surface area contributed by atoms with Crippen LogP contribution in [0.5, 0.6) is 17.4 Å². The molecular formula is C13H15N3O2. The van der Waals surface area contributed by atoms with Crippen molar-refractivity contribution < 1.29 is 9.84 Å². The van der Waals surface area contributed by atoms with E-state index in [9.17, 15) is 5.11 Å². The number of aromatic nitrogens is 2. The van der Waals surface area contributed by atoms with Crippen molar-refractivity contribution >= 4 is 5.69 Å². The Morgan fingerprint density at radius 1 is 1.33 bits per heavy atom. The fourth-order valence-electron chi connectivity index (χ4n) is 1.56. The lowest BCUT2D eigenvalue weighted by Gasteiger charge is -2.08. The van der Waals surface area contributed by atoms with E-state index in [1.54, 1.807) is 18.2 Å². The second-order valence-electron chi connectivity index (χ2n) is 3.89. The minimum Gasteiger partial charge on any atom is -0.506 e. The van der Waals surface area contributed by atoms with Crippen LogP contribution in [0.25, 0.3) is 0 Å². The first-order valence-electron chi connectivity index (χ1n) is 5.77. The van der Waals surface area contributed by atoms with Gasteiger partial charge in [-0.1, -0.05) is 19.4 Å². The second-order valence-corrected chi connectivity index (χ2v) is 3.89. The van der Waals surface area contributed by atoms with E-state index in [2.05, 4.69) is 16.9 Å². The van der Waals surface area contributed by atoms with Gasteiger partial charge >= 0.3 is 0 Å². The zero-order valence-corrected chi connectivity index (χ0v) is 10.1. The van der Waals surface area contributed by atoms with E-state index in [4.69, 9.17) is 10.5 Å². The third-order valence-corrected chi connectivity index (χ3v) is 2.46. The number of rotatable bonds is 4.